The number of H-pyrrole nitrogens is 1. The summed E-state index contributed by atoms with van der Waals surface area (Å²) in [6.45, 7) is 2.27. The average molecular weight is 269 g/mol. The van der Waals surface area contributed by atoms with E-state index in [1.807, 2.05) is 30.5 Å². The first-order valence-corrected chi connectivity index (χ1v) is 7.08. The van der Waals surface area contributed by atoms with Crippen LogP contribution in [0.3, 0.4) is 0 Å². The summed E-state index contributed by atoms with van der Waals surface area (Å²) < 4.78 is 0. The number of amides is 1. The minimum absolute atomic E-state index is 0.00127. The van der Waals surface area contributed by atoms with Gasteiger partial charge in [-0.2, -0.15) is 0 Å². The summed E-state index contributed by atoms with van der Waals surface area (Å²) in [4.78, 5) is 17.3. The van der Waals surface area contributed by atoms with Crippen LogP contribution in [0.4, 0.5) is 11.4 Å². The molecule has 104 valence electrons. The number of aromatic nitrogens is 1. The first-order chi connectivity index (χ1) is 9.81. The Balaban J connectivity index is 1.58. The van der Waals surface area contributed by atoms with Crippen molar-refractivity contribution in [2.24, 2.45) is 0 Å². The van der Waals surface area contributed by atoms with Crippen molar-refractivity contribution in [3.8, 4) is 0 Å². The van der Waals surface area contributed by atoms with E-state index in [-0.39, 0.29) is 5.91 Å². The van der Waals surface area contributed by atoms with Crippen LogP contribution >= 0.6 is 0 Å². The number of carbonyl (C=O) groups is 1. The maximum absolute atomic E-state index is 11.9. The number of hydrogen-bond donors (Lipinski definition) is 2. The van der Waals surface area contributed by atoms with Gasteiger partial charge in [-0.1, -0.05) is 0 Å². The molecule has 1 aliphatic heterocycles. The minimum Gasteiger partial charge on any atom is -0.372 e. The Morgan fingerprint density at radius 1 is 1.15 bits per heavy atom. The summed E-state index contributed by atoms with van der Waals surface area (Å²) >= 11 is 0. The van der Waals surface area contributed by atoms with Gasteiger partial charge in [0.15, 0.2) is 0 Å². The summed E-state index contributed by atoms with van der Waals surface area (Å²) in [6, 6.07) is 11.9. The summed E-state index contributed by atoms with van der Waals surface area (Å²) in [5.41, 5.74) is 3.02. The van der Waals surface area contributed by atoms with Crippen LogP contribution in [-0.4, -0.2) is 24.0 Å². The van der Waals surface area contributed by atoms with Gasteiger partial charge in [-0.15, -0.1) is 0 Å². The summed E-state index contributed by atoms with van der Waals surface area (Å²) in [5, 5.41) is 2.92. The van der Waals surface area contributed by atoms with E-state index in [1.165, 1.54) is 18.5 Å². The zero-order chi connectivity index (χ0) is 13.8. The molecule has 0 radical (unpaired) electrons. The first-order valence-electron chi connectivity index (χ1n) is 7.08. The average Bonchev–Trinajstić information content (AvgIpc) is 3.12. The van der Waals surface area contributed by atoms with Crippen LogP contribution in [0.5, 0.6) is 0 Å². The lowest BCUT2D eigenvalue weighted by molar-refractivity contribution is -0.115. The number of carbonyl (C=O) groups excluding carboxylic acids is 1. The van der Waals surface area contributed by atoms with E-state index >= 15 is 0 Å². The largest absolute Gasteiger partial charge is 0.372 e. The SMILES string of the molecule is O=C(Cc1ccc[nH]1)Nc1ccc(N2CCCC2)cc1. The van der Waals surface area contributed by atoms with Crippen molar-refractivity contribution >= 4 is 17.3 Å². The van der Waals surface area contributed by atoms with Gasteiger partial charge >= 0.3 is 0 Å². The second-order valence-electron chi connectivity index (χ2n) is 5.16. The molecule has 2 N–H and O–H groups in total. The van der Waals surface area contributed by atoms with Crippen LogP contribution in [-0.2, 0) is 11.2 Å². The maximum atomic E-state index is 11.9. The lowest BCUT2D eigenvalue weighted by atomic mass is 10.2. The Hall–Kier alpha value is -2.23. The van der Waals surface area contributed by atoms with Gasteiger partial charge in [-0.25, -0.2) is 0 Å². The molecule has 0 aliphatic carbocycles. The zero-order valence-electron chi connectivity index (χ0n) is 11.4. The highest BCUT2D eigenvalue weighted by atomic mass is 16.1. The lowest BCUT2D eigenvalue weighted by Crippen LogP contribution is -2.18. The van der Waals surface area contributed by atoms with Crippen LogP contribution in [0.25, 0.3) is 0 Å². The second-order valence-corrected chi connectivity index (χ2v) is 5.16. The fourth-order valence-corrected chi connectivity index (χ4v) is 2.59. The van der Waals surface area contributed by atoms with Crippen molar-refractivity contribution in [1.82, 2.24) is 4.98 Å². The Bertz CT molecular complexity index is 554. The predicted octanol–water partition coefficient (Wildman–Crippen LogP) is 2.80. The molecule has 0 spiro atoms. The molecule has 1 amide bonds. The van der Waals surface area contributed by atoms with Crippen LogP contribution in [0.2, 0.25) is 0 Å². The quantitative estimate of drug-likeness (QED) is 0.896. The van der Waals surface area contributed by atoms with Gasteiger partial charge < -0.3 is 15.2 Å². The molecule has 4 nitrogen and oxygen atoms in total. The smallest absolute Gasteiger partial charge is 0.230 e. The van der Waals surface area contributed by atoms with Crippen LogP contribution in [0, 0.1) is 0 Å². The number of hydrogen-bond acceptors (Lipinski definition) is 2. The molecule has 1 aliphatic rings. The van der Waals surface area contributed by atoms with Gasteiger partial charge in [0.05, 0.1) is 6.42 Å². The number of nitrogens with zero attached hydrogens (tertiary/aromatic N) is 1. The molecule has 2 heterocycles. The van der Waals surface area contributed by atoms with Crippen molar-refractivity contribution in [3.05, 3.63) is 48.3 Å². The molecule has 1 saturated heterocycles. The molecule has 2 aromatic rings. The van der Waals surface area contributed by atoms with Crippen LogP contribution in [0.15, 0.2) is 42.6 Å². The first kappa shape index (κ1) is 12.8. The van der Waals surface area contributed by atoms with E-state index in [9.17, 15) is 4.79 Å². The fourth-order valence-electron chi connectivity index (χ4n) is 2.59. The van der Waals surface area contributed by atoms with E-state index in [0.29, 0.717) is 6.42 Å². The van der Waals surface area contributed by atoms with Gasteiger partial charge in [-0.3, -0.25) is 4.79 Å². The molecule has 4 heteroatoms. The van der Waals surface area contributed by atoms with Gasteiger partial charge in [0.1, 0.15) is 0 Å². The molecular weight excluding hydrogens is 250 g/mol. The Labute approximate surface area is 118 Å². The number of aromatic amines is 1. The topological polar surface area (TPSA) is 48.1 Å². The molecule has 1 fully saturated rings. The number of anilines is 2. The van der Waals surface area contributed by atoms with Crippen LogP contribution in [0.1, 0.15) is 18.5 Å². The molecule has 1 aromatic heterocycles. The molecule has 0 saturated carbocycles. The highest BCUT2D eigenvalue weighted by Crippen LogP contribution is 2.22. The zero-order valence-corrected chi connectivity index (χ0v) is 11.4. The monoisotopic (exact) mass is 269 g/mol. The standard InChI is InChI=1S/C16H19N3O/c20-16(12-14-4-3-9-17-14)18-13-5-7-15(8-6-13)19-10-1-2-11-19/h3-9,17H,1-2,10-12H2,(H,18,20). The molecule has 0 unspecified atom stereocenters. The van der Waals surface area contributed by atoms with Crippen molar-refractivity contribution in [1.29, 1.82) is 0 Å². The third-order valence-corrected chi connectivity index (χ3v) is 3.64. The Morgan fingerprint density at radius 2 is 1.90 bits per heavy atom. The normalized spacial score (nSPS) is 14.5. The Morgan fingerprint density at radius 3 is 2.55 bits per heavy atom. The maximum Gasteiger partial charge on any atom is 0.230 e. The fraction of sp³-hybridized carbons (Fsp3) is 0.312. The van der Waals surface area contributed by atoms with Gasteiger partial charge in [-0.05, 0) is 49.2 Å². The van der Waals surface area contributed by atoms with E-state index < -0.39 is 0 Å². The third kappa shape index (κ3) is 3.02. The predicted molar refractivity (Wildman–Crippen MR) is 81.0 cm³/mol. The summed E-state index contributed by atoms with van der Waals surface area (Å²) in [7, 11) is 0. The van der Waals surface area contributed by atoms with Crippen molar-refractivity contribution < 1.29 is 4.79 Å². The lowest BCUT2D eigenvalue weighted by Gasteiger charge is -2.17. The van der Waals surface area contributed by atoms with Crippen molar-refractivity contribution in [3.63, 3.8) is 0 Å². The summed E-state index contributed by atoms with van der Waals surface area (Å²) in [5.74, 6) is 0.00127. The highest BCUT2D eigenvalue weighted by molar-refractivity contribution is 5.92. The minimum atomic E-state index is 0.00127. The number of nitrogens with one attached hydrogen (secondary N) is 2. The van der Waals surface area contributed by atoms with Gasteiger partial charge in [0, 0.05) is 36.4 Å². The van der Waals surface area contributed by atoms with E-state index in [2.05, 4.69) is 27.3 Å². The number of benzene rings is 1. The molecule has 3 rings (SSSR count). The Kier molecular flexibility index (Phi) is 3.72. The van der Waals surface area contributed by atoms with Crippen LogP contribution < -0.4 is 10.2 Å². The number of rotatable bonds is 4. The second kappa shape index (κ2) is 5.82. The molecule has 1 aromatic carbocycles. The van der Waals surface area contributed by atoms with Gasteiger partial charge in [0.25, 0.3) is 0 Å². The van der Waals surface area contributed by atoms with E-state index in [4.69, 9.17) is 0 Å². The van der Waals surface area contributed by atoms with Crippen molar-refractivity contribution in [2.75, 3.05) is 23.3 Å². The molecule has 0 bridgehead atoms. The highest BCUT2D eigenvalue weighted by Gasteiger charge is 2.12. The molecule has 20 heavy (non-hydrogen) atoms. The van der Waals surface area contributed by atoms with E-state index in [1.54, 1.807) is 0 Å². The van der Waals surface area contributed by atoms with E-state index in [0.717, 1.165) is 24.5 Å². The molecular formula is C16H19N3O. The summed E-state index contributed by atoms with van der Waals surface area (Å²) in [6.07, 6.45) is 4.75. The third-order valence-electron chi connectivity index (χ3n) is 3.64. The van der Waals surface area contributed by atoms with Crippen molar-refractivity contribution in [2.45, 2.75) is 19.3 Å². The van der Waals surface area contributed by atoms with Gasteiger partial charge in [0.2, 0.25) is 5.91 Å². The molecule has 0 atom stereocenters.